The third kappa shape index (κ3) is 3.89. The summed E-state index contributed by atoms with van der Waals surface area (Å²) in [6.45, 7) is 4.09. The summed E-state index contributed by atoms with van der Waals surface area (Å²) in [5.74, 6) is 1.48. The van der Waals surface area contributed by atoms with Crippen LogP contribution in [0.2, 0.25) is 5.02 Å². The van der Waals surface area contributed by atoms with E-state index in [1.165, 1.54) is 0 Å². The van der Waals surface area contributed by atoms with Crippen LogP contribution in [0.4, 0.5) is 0 Å². The molecule has 0 saturated carbocycles. The van der Waals surface area contributed by atoms with Crippen LogP contribution in [-0.2, 0) is 0 Å². The third-order valence-corrected chi connectivity index (χ3v) is 3.32. The molecule has 0 N–H and O–H groups in total. The van der Waals surface area contributed by atoms with Crippen LogP contribution < -0.4 is 9.47 Å². The van der Waals surface area contributed by atoms with Crippen molar-refractivity contribution in [3.05, 3.63) is 71.3 Å². The average molecular weight is 301 g/mol. The van der Waals surface area contributed by atoms with Crippen molar-refractivity contribution in [2.75, 3.05) is 14.2 Å². The molecule has 0 aliphatic heterocycles. The lowest BCUT2D eigenvalue weighted by Crippen LogP contribution is -1.91. The smallest absolute Gasteiger partial charge is 0.130 e. The molecule has 0 saturated heterocycles. The number of ether oxygens (including phenoxy) is 2. The predicted molar refractivity (Wildman–Crippen MR) is 89.1 cm³/mol. The highest BCUT2D eigenvalue weighted by molar-refractivity contribution is 6.30. The zero-order chi connectivity index (χ0) is 15.2. The van der Waals surface area contributed by atoms with Gasteiger partial charge in [-0.2, -0.15) is 0 Å². The van der Waals surface area contributed by atoms with E-state index in [2.05, 4.69) is 6.58 Å². The third-order valence-electron chi connectivity index (χ3n) is 3.08. The topological polar surface area (TPSA) is 18.5 Å². The second-order valence-electron chi connectivity index (χ2n) is 4.48. The van der Waals surface area contributed by atoms with Crippen molar-refractivity contribution in [1.29, 1.82) is 0 Å². The van der Waals surface area contributed by atoms with E-state index < -0.39 is 0 Å². The Kier molecular flexibility index (Phi) is 5.07. The zero-order valence-corrected chi connectivity index (χ0v) is 12.9. The second kappa shape index (κ2) is 7.00. The molecule has 2 aromatic rings. The molecule has 108 valence electrons. The molecule has 0 aliphatic rings. The van der Waals surface area contributed by atoms with Crippen LogP contribution in [0.25, 0.3) is 11.6 Å². The zero-order valence-electron chi connectivity index (χ0n) is 12.1. The van der Waals surface area contributed by atoms with E-state index in [0.717, 1.165) is 28.2 Å². The van der Waals surface area contributed by atoms with Crippen LogP contribution in [-0.4, -0.2) is 14.2 Å². The highest BCUT2D eigenvalue weighted by Gasteiger charge is 2.06. The lowest BCUT2D eigenvalue weighted by molar-refractivity contribution is 0.393. The van der Waals surface area contributed by atoms with E-state index >= 15 is 0 Å². The maximum Gasteiger partial charge on any atom is 0.130 e. The fraction of sp³-hybridized carbons (Fsp3) is 0.111. The molecule has 0 unspecified atom stereocenters. The Morgan fingerprint density at radius 1 is 1.10 bits per heavy atom. The summed E-state index contributed by atoms with van der Waals surface area (Å²) < 4.78 is 10.6. The fourth-order valence-corrected chi connectivity index (χ4v) is 2.16. The van der Waals surface area contributed by atoms with Crippen molar-refractivity contribution >= 4 is 23.3 Å². The van der Waals surface area contributed by atoms with Crippen molar-refractivity contribution in [3.8, 4) is 11.5 Å². The minimum atomic E-state index is 0.713. The van der Waals surface area contributed by atoms with Gasteiger partial charge in [-0.3, -0.25) is 0 Å². The Bertz CT molecular complexity index is 675. The van der Waals surface area contributed by atoms with Gasteiger partial charge >= 0.3 is 0 Å². The van der Waals surface area contributed by atoms with Crippen LogP contribution in [0.15, 0.2) is 55.1 Å². The summed E-state index contributed by atoms with van der Waals surface area (Å²) in [5, 5.41) is 0.713. The molecule has 0 radical (unpaired) electrons. The largest absolute Gasteiger partial charge is 0.497 e. The maximum absolute atomic E-state index is 5.97. The molecule has 0 spiro atoms. The van der Waals surface area contributed by atoms with Crippen LogP contribution in [0.5, 0.6) is 11.5 Å². The molecule has 21 heavy (non-hydrogen) atoms. The Morgan fingerprint density at radius 2 is 1.90 bits per heavy atom. The summed E-state index contributed by atoms with van der Waals surface area (Å²) in [4.78, 5) is 0. The molecule has 0 fully saturated rings. The van der Waals surface area contributed by atoms with E-state index in [4.69, 9.17) is 21.1 Å². The van der Waals surface area contributed by atoms with E-state index in [-0.39, 0.29) is 0 Å². The first-order valence-corrected chi connectivity index (χ1v) is 6.87. The van der Waals surface area contributed by atoms with Gasteiger partial charge in [-0.15, -0.1) is 0 Å². The van der Waals surface area contributed by atoms with Gasteiger partial charge in [0.05, 0.1) is 14.2 Å². The molecule has 0 amide bonds. The highest BCUT2D eigenvalue weighted by Crippen LogP contribution is 2.30. The second-order valence-corrected chi connectivity index (χ2v) is 4.92. The molecule has 3 heteroatoms. The molecule has 2 rings (SSSR count). The summed E-state index contributed by atoms with van der Waals surface area (Å²) in [5.41, 5.74) is 2.81. The molecule has 0 atom stereocenters. The van der Waals surface area contributed by atoms with E-state index in [9.17, 15) is 0 Å². The molecular formula is C18H17ClO2. The SMILES string of the molecule is C=C(/C=C/c1cccc(Cl)c1)c1ccc(OC)cc1OC. The van der Waals surface area contributed by atoms with Crippen molar-refractivity contribution in [3.63, 3.8) is 0 Å². The molecule has 2 nitrogen and oxygen atoms in total. The number of rotatable bonds is 5. The number of hydrogen-bond acceptors (Lipinski definition) is 2. The van der Waals surface area contributed by atoms with E-state index in [1.807, 2.05) is 54.6 Å². The highest BCUT2D eigenvalue weighted by atomic mass is 35.5. The molecule has 2 aromatic carbocycles. The van der Waals surface area contributed by atoms with Gasteiger partial charge in [0.15, 0.2) is 0 Å². The number of benzene rings is 2. The first-order valence-electron chi connectivity index (χ1n) is 6.49. The minimum Gasteiger partial charge on any atom is -0.497 e. The number of methoxy groups -OCH3 is 2. The Hall–Kier alpha value is -2.19. The molecule has 0 heterocycles. The Labute approximate surface area is 130 Å². The molecule has 0 aromatic heterocycles. The fourth-order valence-electron chi connectivity index (χ4n) is 1.96. The number of hydrogen-bond donors (Lipinski definition) is 0. The molecule has 0 aliphatic carbocycles. The monoisotopic (exact) mass is 300 g/mol. The van der Waals surface area contributed by atoms with Gasteiger partial charge in [0, 0.05) is 16.7 Å². The quantitative estimate of drug-likeness (QED) is 0.717. The van der Waals surface area contributed by atoms with Gasteiger partial charge in [0.2, 0.25) is 0 Å². The van der Waals surface area contributed by atoms with Gasteiger partial charge in [0.25, 0.3) is 0 Å². The van der Waals surface area contributed by atoms with Crippen LogP contribution in [0.3, 0.4) is 0 Å². The summed E-state index contributed by atoms with van der Waals surface area (Å²) in [6.07, 6.45) is 3.91. The number of allylic oxidation sites excluding steroid dienone is 2. The van der Waals surface area contributed by atoms with Crippen LogP contribution in [0, 0.1) is 0 Å². The van der Waals surface area contributed by atoms with Crippen molar-refractivity contribution in [1.82, 2.24) is 0 Å². The first kappa shape index (κ1) is 15.2. The average Bonchev–Trinajstić information content (AvgIpc) is 2.52. The summed E-state index contributed by atoms with van der Waals surface area (Å²) >= 11 is 5.97. The Morgan fingerprint density at radius 3 is 2.57 bits per heavy atom. The normalized spacial score (nSPS) is 10.6. The van der Waals surface area contributed by atoms with Crippen molar-refractivity contribution < 1.29 is 9.47 Å². The first-order chi connectivity index (χ1) is 10.1. The summed E-state index contributed by atoms with van der Waals surface area (Å²) in [7, 11) is 3.26. The predicted octanol–water partition coefficient (Wildman–Crippen LogP) is 5.08. The summed E-state index contributed by atoms with van der Waals surface area (Å²) in [6, 6.07) is 13.3. The van der Waals surface area contributed by atoms with E-state index in [1.54, 1.807) is 14.2 Å². The van der Waals surface area contributed by atoms with Gasteiger partial charge < -0.3 is 9.47 Å². The van der Waals surface area contributed by atoms with Crippen molar-refractivity contribution in [2.45, 2.75) is 0 Å². The van der Waals surface area contributed by atoms with Gasteiger partial charge in [-0.25, -0.2) is 0 Å². The lowest BCUT2D eigenvalue weighted by Gasteiger charge is -2.10. The van der Waals surface area contributed by atoms with Crippen molar-refractivity contribution in [2.24, 2.45) is 0 Å². The number of halogens is 1. The maximum atomic E-state index is 5.97. The van der Waals surface area contributed by atoms with Gasteiger partial charge in [-0.1, -0.05) is 42.5 Å². The van der Waals surface area contributed by atoms with E-state index in [0.29, 0.717) is 5.02 Å². The molecular weight excluding hydrogens is 284 g/mol. The standard InChI is InChI=1S/C18H17ClO2/c1-13(7-8-14-5-4-6-15(19)11-14)17-10-9-16(20-2)12-18(17)21-3/h4-12H,1H2,2-3H3/b8-7+. The van der Waals surface area contributed by atoms with Crippen LogP contribution >= 0.6 is 11.6 Å². The molecule has 0 bridgehead atoms. The van der Waals surface area contributed by atoms with Crippen LogP contribution in [0.1, 0.15) is 11.1 Å². The van der Waals surface area contributed by atoms with Gasteiger partial charge in [0.1, 0.15) is 11.5 Å². The Balaban J connectivity index is 2.24. The lowest BCUT2D eigenvalue weighted by atomic mass is 10.0. The minimum absolute atomic E-state index is 0.713. The van der Waals surface area contributed by atoms with Gasteiger partial charge in [-0.05, 0) is 35.4 Å².